The number of nitrogens with one attached hydrogen (secondary N) is 2. The van der Waals surface area contributed by atoms with Gasteiger partial charge in [-0.25, -0.2) is 10.8 Å². The number of benzene rings is 1. The molecule has 94 valence electrons. The minimum Gasteiger partial charge on any atom is -0.376 e. The summed E-state index contributed by atoms with van der Waals surface area (Å²) in [4.78, 5) is 10.3. The van der Waals surface area contributed by atoms with Crippen LogP contribution in [0.1, 0.15) is 0 Å². The lowest BCUT2D eigenvalue weighted by Crippen LogP contribution is -2.12. The molecule has 2 aromatic rings. The van der Waals surface area contributed by atoms with Crippen LogP contribution in [0.4, 0.5) is 23.0 Å². The number of rotatable bonds is 4. The highest BCUT2D eigenvalue weighted by molar-refractivity contribution is 5.73. The second kappa shape index (κ2) is 5.33. The molecule has 0 radical (unpaired) electrons. The molecule has 1 heterocycles. The fourth-order valence-corrected chi connectivity index (χ4v) is 1.60. The van der Waals surface area contributed by atoms with Crippen LogP contribution in [0.25, 0.3) is 0 Å². The molecule has 0 bridgehead atoms. The van der Waals surface area contributed by atoms with Crippen LogP contribution in [0.5, 0.6) is 0 Å². The second-order valence-corrected chi connectivity index (χ2v) is 3.97. The zero-order valence-corrected chi connectivity index (χ0v) is 10.4. The number of aromatic nitrogens is 2. The van der Waals surface area contributed by atoms with Gasteiger partial charge >= 0.3 is 0 Å². The van der Waals surface area contributed by atoms with Gasteiger partial charge in [0.1, 0.15) is 0 Å². The first kappa shape index (κ1) is 12.1. The summed E-state index contributed by atoms with van der Waals surface area (Å²) in [5.74, 6) is 6.46. The first-order valence-electron chi connectivity index (χ1n) is 5.53. The molecule has 0 spiro atoms. The number of anilines is 4. The molecule has 1 aromatic heterocycles. The van der Waals surface area contributed by atoms with Crippen molar-refractivity contribution in [3.63, 3.8) is 0 Å². The normalized spacial score (nSPS) is 9.94. The molecule has 0 aliphatic heterocycles. The SMILES string of the molecule is CN(C)c1ccccc1Nc1cncc(NN)n1. The fraction of sp³-hybridized carbons (Fsp3) is 0.167. The Morgan fingerprint density at radius 2 is 1.83 bits per heavy atom. The average molecular weight is 244 g/mol. The van der Waals surface area contributed by atoms with Crippen molar-refractivity contribution in [1.29, 1.82) is 0 Å². The van der Waals surface area contributed by atoms with Crippen LogP contribution in [-0.4, -0.2) is 24.1 Å². The predicted octanol–water partition coefficient (Wildman–Crippen LogP) is 1.57. The van der Waals surface area contributed by atoms with E-state index < -0.39 is 0 Å². The van der Waals surface area contributed by atoms with Crippen molar-refractivity contribution >= 4 is 23.0 Å². The molecule has 6 heteroatoms. The second-order valence-electron chi connectivity index (χ2n) is 3.97. The van der Waals surface area contributed by atoms with Crippen molar-refractivity contribution in [2.75, 3.05) is 29.7 Å². The Labute approximate surface area is 106 Å². The summed E-state index contributed by atoms with van der Waals surface area (Å²) in [6.07, 6.45) is 3.20. The first-order chi connectivity index (χ1) is 8.70. The van der Waals surface area contributed by atoms with Gasteiger partial charge in [-0.2, -0.15) is 0 Å². The van der Waals surface area contributed by atoms with Gasteiger partial charge in [0.25, 0.3) is 0 Å². The maximum atomic E-state index is 5.30. The third kappa shape index (κ3) is 2.67. The van der Waals surface area contributed by atoms with E-state index in [0.717, 1.165) is 11.4 Å². The minimum atomic E-state index is 0.516. The van der Waals surface area contributed by atoms with E-state index in [-0.39, 0.29) is 0 Å². The first-order valence-corrected chi connectivity index (χ1v) is 5.53. The predicted molar refractivity (Wildman–Crippen MR) is 73.9 cm³/mol. The molecule has 0 atom stereocenters. The van der Waals surface area contributed by atoms with Gasteiger partial charge < -0.3 is 15.6 Å². The molecule has 0 aliphatic rings. The van der Waals surface area contributed by atoms with Gasteiger partial charge in [-0.1, -0.05) is 12.1 Å². The molecule has 4 N–H and O–H groups in total. The van der Waals surface area contributed by atoms with Crippen LogP contribution in [0.3, 0.4) is 0 Å². The Morgan fingerprint density at radius 3 is 2.56 bits per heavy atom. The molecular formula is C12H16N6. The summed E-state index contributed by atoms with van der Waals surface area (Å²) in [5, 5.41) is 3.22. The molecule has 0 saturated carbocycles. The number of nitrogens with zero attached hydrogens (tertiary/aromatic N) is 3. The van der Waals surface area contributed by atoms with E-state index in [1.54, 1.807) is 12.4 Å². The smallest absolute Gasteiger partial charge is 0.160 e. The fourth-order valence-electron chi connectivity index (χ4n) is 1.60. The van der Waals surface area contributed by atoms with Crippen LogP contribution in [0.15, 0.2) is 36.7 Å². The Balaban J connectivity index is 2.28. The number of nitrogens with two attached hydrogens (primary N) is 1. The largest absolute Gasteiger partial charge is 0.376 e. The van der Waals surface area contributed by atoms with Crippen molar-refractivity contribution in [3.05, 3.63) is 36.7 Å². The molecule has 2 rings (SSSR count). The number of para-hydroxylation sites is 2. The van der Waals surface area contributed by atoms with Gasteiger partial charge in [0.05, 0.1) is 23.8 Å². The molecular weight excluding hydrogens is 228 g/mol. The number of hydrogen-bond acceptors (Lipinski definition) is 6. The quantitative estimate of drug-likeness (QED) is 0.559. The van der Waals surface area contributed by atoms with Crippen molar-refractivity contribution in [1.82, 2.24) is 9.97 Å². The van der Waals surface area contributed by atoms with Gasteiger partial charge in [-0.3, -0.25) is 4.98 Å². The summed E-state index contributed by atoms with van der Waals surface area (Å²) >= 11 is 0. The number of hydrazine groups is 1. The Hall–Kier alpha value is -2.34. The van der Waals surface area contributed by atoms with E-state index in [1.807, 2.05) is 43.3 Å². The van der Waals surface area contributed by atoms with Crippen molar-refractivity contribution < 1.29 is 0 Å². The van der Waals surface area contributed by atoms with E-state index in [0.29, 0.717) is 11.6 Å². The molecule has 0 fully saturated rings. The minimum absolute atomic E-state index is 0.516. The number of nitrogen functional groups attached to an aromatic ring is 1. The highest BCUT2D eigenvalue weighted by Crippen LogP contribution is 2.26. The van der Waals surface area contributed by atoms with E-state index >= 15 is 0 Å². The van der Waals surface area contributed by atoms with Crippen LogP contribution in [-0.2, 0) is 0 Å². The molecule has 0 saturated heterocycles. The lowest BCUT2D eigenvalue weighted by atomic mass is 10.2. The van der Waals surface area contributed by atoms with Gasteiger partial charge in [-0.05, 0) is 12.1 Å². The van der Waals surface area contributed by atoms with Crippen LogP contribution in [0.2, 0.25) is 0 Å². The topological polar surface area (TPSA) is 79.1 Å². The standard InChI is InChI=1S/C12H16N6/c1-18(2)10-6-4-3-5-9(10)15-11-7-14-8-12(16-11)17-13/h3-8H,13H2,1-2H3,(H2,15,16,17). The molecule has 1 aromatic carbocycles. The summed E-state index contributed by atoms with van der Waals surface area (Å²) in [7, 11) is 3.98. The maximum absolute atomic E-state index is 5.30. The Kier molecular flexibility index (Phi) is 3.59. The third-order valence-electron chi connectivity index (χ3n) is 2.43. The molecule has 18 heavy (non-hydrogen) atoms. The summed E-state index contributed by atoms with van der Waals surface area (Å²) < 4.78 is 0. The molecule has 6 nitrogen and oxygen atoms in total. The Bertz CT molecular complexity index is 525. The maximum Gasteiger partial charge on any atom is 0.160 e. The van der Waals surface area contributed by atoms with Crippen molar-refractivity contribution in [2.45, 2.75) is 0 Å². The van der Waals surface area contributed by atoms with Gasteiger partial charge in [-0.15, -0.1) is 0 Å². The average Bonchev–Trinajstić information content (AvgIpc) is 2.39. The zero-order chi connectivity index (χ0) is 13.0. The number of hydrogen-bond donors (Lipinski definition) is 3. The van der Waals surface area contributed by atoms with E-state index in [2.05, 4.69) is 20.7 Å². The highest BCUT2D eigenvalue weighted by Gasteiger charge is 2.05. The van der Waals surface area contributed by atoms with Crippen LogP contribution >= 0.6 is 0 Å². The van der Waals surface area contributed by atoms with Gasteiger partial charge in [0, 0.05) is 14.1 Å². The van der Waals surface area contributed by atoms with Crippen molar-refractivity contribution in [2.24, 2.45) is 5.84 Å². The van der Waals surface area contributed by atoms with Crippen molar-refractivity contribution in [3.8, 4) is 0 Å². The molecule has 0 aliphatic carbocycles. The van der Waals surface area contributed by atoms with E-state index in [9.17, 15) is 0 Å². The third-order valence-corrected chi connectivity index (χ3v) is 2.43. The lowest BCUT2D eigenvalue weighted by molar-refractivity contribution is 1.12. The molecule has 0 amide bonds. The van der Waals surface area contributed by atoms with E-state index in [4.69, 9.17) is 5.84 Å². The van der Waals surface area contributed by atoms with Crippen LogP contribution < -0.4 is 21.5 Å². The van der Waals surface area contributed by atoms with E-state index in [1.165, 1.54) is 0 Å². The molecule has 0 unspecified atom stereocenters. The van der Waals surface area contributed by atoms with Crippen LogP contribution in [0, 0.1) is 0 Å². The zero-order valence-electron chi connectivity index (χ0n) is 10.4. The lowest BCUT2D eigenvalue weighted by Gasteiger charge is -2.18. The highest BCUT2D eigenvalue weighted by atomic mass is 15.3. The van der Waals surface area contributed by atoms with Gasteiger partial charge in [0.15, 0.2) is 11.6 Å². The summed E-state index contributed by atoms with van der Waals surface area (Å²) in [5.41, 5.74) is 4.50. The Morgan fingerprint density at radius 1 is 1.11 bits per heavy atom. The monoisotopic (exact) mass is 244 g/mol. The van der Waals surface area contributed by atoms with Gasteiger partial charge in [0.2, 0.25) is 0 Å². The summed E-state index contributed by atoms with van der Waals surface area (Å²) in [6, 6.07) is 7.97. The summed E-state index contributed by atoms with van der Waals surface area (Å²) in [6.45, 7) is 0.